The molecule has 0 spiro atoms. The summed E-state index contributed by atoms with van der Waals surface area (Å²) in [6.45, 7) is 0. The van der Waals surface area contributed by atoms with Crippen molar-refractivity contribution in [3.8, 4) is 5.82 Å². The van der Waals surface area contributed by atoms with E-state index in [2.05, 4.69) is 20.9 Å². The molecule has 3 rings (SSSR count). The van der Waals surface area contributed by atoms with Crippen LogP contribution in [0, 0.1) is 0 Å². The van der Waals surface area contributed by atoms with Crippen LogP contribution in [0.15, 0.2) is 51.9 Å². The fourth-order valence-corrected chi connectivity index (χ4v) is 3.19. The molecule has 2 heterocycles. The summed E-state index contributed by atoms with van der Waals surface area (Å²) in [4.78, 5) is 16.4. The van der Waals surface area contributed by atoms with Gasteiger partial charge in [0, 0.05) is 6.20 Å². The first-order chi connectivity index (χ1) is 8.27. The minimum atomic E-state index is -0.0231. The molecule has 0 aliphatic rings. The third-order valence-corrected chi connectivity index (χ3v) is 4.12. The van der Waals surface area contributed by atoms with Gasteiger partial charge in [0.2, 0.25) is 0 Å². The van der Waals surface area contributed by atoms with Crippen LogP contribution >= 0.6 is 27.5 Å². The van der Waals surface area contributed by atoms with E-state index in [0.29, 0.717) is 5.82 Å². The third-order valence-electron chi connectivity index (χ3n) is 2.42. The van der Waals surface area contributed by atoms with Crippen LogP contribution in [0.1, 0.15) is 0 Å². The number of pyridine rings is 1. The van der Waals surface area contributed by atoms with Gasteiger partial charge in [-0.25, -0.2) is 8.94 Å². The van der Waals surface area contributed by atoms with Crippen LogP contribution in [-0.2, 0) is 0 Å². The van der Waals surface area contributed by atoms with Crippen molar-refractivity contribution < 1.29 is 0 Å². The van der Waals surface area contributed by atoms with Crippen molar-refractivity contribution in [1.82, 2.24) is 8.94 Å². The summed E-state index contributed by atoms with van der Waals surface area (Å²) < 4.78 is 3.39. The monoisotopic (exact) mass is 306 g/mol. The van der Waals surface area contributed by atoms with Gasteiger partial charge in [-0.15, -0.1) is 0 Å². The van der Waals surface area contributed by atoms with Crippen LogP contribution in [0.25, 0.3) is 15.9 Å². The number of hydrogen-bond acceptors (Lipinski definition) is 3. The average Bonchev–Trinajstić information content (AvgIpc) is 2.68. The Morgan fingerprint density at radius 3 is 2.76 bits per heavy atom. The highest BCUT2D eigenvalue weighted by Crippen LogP contribution is 2.23. The van der Waals surface area contributed by atoms with Crippen LogP contribution in [-0.4, -0.2) is 8.94 Å². The standard InChI is InChI=1S/C12H7BrN2OS/c13-9-5-3-7-14-11(9)15-12(16)8-4-1-2-6-10(8)17-15/h1-7H. The summed E-state index contributed by atoms with van der Waals surface area (Å²) in [6.07, 6.45) is 1.68. The second-order valence-corrected chi connectivity index (χ2v) is 5.34. The first-order valence-corrected chi connectivity index (χ1v) is 6.56. The lowest BCUT2D eigenvalue weighted by Crippen LogP contribution is -2.12. The molecule has 17 heavy (non-hydrogen) atoms. The number of halogens is 1. The molecule has 0 radical (unpaired) electrons. The first kappa shape index (κ1) is 10.7. The number of hydrogen-bond donors (Lipinski definition) is 0. The summed E-state index contributed by atoms with van der Waals surface area (Å²) in [6, 6.07) is 11.3. The molecule has 3 aromatic rings. The molecular weight excluding hydrogens is 300 g/mol. The smallest absolute Gasteiger partial charge is 0.267 e. The van der Waals surface area contributed by atoms with Gasteiger partial charge in [-0.1, -0.05) is 12.1 Å². The lowest BCUT2D eigenvalue weighted by Gasteiger charge is -2.00. The molecule has 2 aromatic heterocycles. The third kappa shape index (κ3) is 1.71. The second-order valence-electron chi connectivity index (χ2n) is 3.50. The van der Waals surface area contributed by atoms with E-state index in [0.717, 1.165) is 14.6 Å². The largest absolute Gasteiger partial charge is 0.274 e. The summed E-state index contributed by atoms with van der Waals surface area (Å²) >= 11 is 4.81. The number of rotatable bonds is 1. The summed E-state index contributed by atoms with van der Waals surface area (Å²) in [7, 11) is 0. The van der Waals surface area contributed by atoms with Crippen molar-refractivity contribution in [3.05, 3.63) is 57.4 Å². The molecule has 0 amide bonds. The Kier molecular flexibility index (Phi) is 2.57. The molecule has 0 saturated heterocycles. The molecule has 1 aromatic carbocycles. The molecule has 3 nitrogen and oxygen atoms in total. The van der Waals surface area contributed by atoms with Crippen molar-refractivity contribution >= 4 is 37.5 Å². The molecule has 0 saturated carbocycles. The quantitative estimate of drug-likeness (QED) is 0.692. The van der Waals surface area contributed by atoms with Crippen molar-refractivity contribution in [1.29, 1.82) is 0 Å². The Morgan fingerprint density at radius 1 is 1.18 bits per heavy atom. The molecule has 0 fully saturated rings. The van der Waals surface area contributed by atoms with Crippen LogP contribution in [0.5, 0.6) is 0 Å². The fraction of sp³-hybridized carbons (Fsp3) is 0. The van der Waals surface area contributed by atoms with Crippen molar-refractivity contribution in [2.75, 3.05) is 0 Å². The van der Waals surface area contributed by atoms with E-state index < -0.39 is 0 Å². The zero-order valence-electron chi connectivity index (χ0n) is 8.63. The van der Waals surface area contributed by atoms with Crippen LogP contribution in [0.4, 0.5) is 0 Å². The molecule has 0 aliphatic heterocycles. The topological polar surface area (TPSA) is 34.9 Å². The lowest BCUT2D eigenvalue weighted by atomic mass is 10.3. The van der Waals surface area contributed by atoms with Gasteiger partial charge in [0.15, 0.2) is 5.82 Å². The molecule has 0 N–H and O–H groups in total. The van der Waals surface area contributed by atoms with Gasteiger partial charge in [0.1, 0.15) is 0 Å². The molecule has 0 aliphatic carbocycles. The zero-order valence-corrected chi connectivity index (χ0v) is 11.0. The maximum absolute atomic E-state index is 12.2. The van der Waals surface area contributed by atoms with Gasteiger partial charge in [0.05, 0.1) is 14.6 Å². The molecule has 0 bridgehead atoms. The molecule has 5 heteroatoms. The number of benzene rings is 1. The van der Waals surface area contributed by atoms with Crippen LogP contribution in [0.3, 0.4) is 0 Å². The summed E-state index contributed by atoms with van der Waals surface area (Å²) in [5.74, 6) is 0.638. The lowest BCUT2D eigenvalue weighted by molar-refractivity contribution is 1.05. The predicted octanol–water partition coefficient (Wildman–Crippen LogP) is 3.21. The predicted molar refractivity (Wildman–Crippen MR) is 72.9 cm³/mol. The van der Waals surface area contributed by atoms with Gasteiger partial charge in [-0.05, 0) is 51.7 Å². The van der Waals surface area contributed by atoms with E-state index in [1.807, 2.05) is 36.4 Å². The van der Waals surface area contributed by atoms with Gasteiger partial charge in [-0.2, -0.15) is 0 Å². The van der Waals surface area contributed by atoms with Gasteiger partial charge >= 0.3 is 0 Å². The maximum atomic E-state index is 12.2. The van der Waals surface area contributed by atoms with E-state index >= 15 is 0 Å². The number of nitrogens with zero attached hydrogens (tertiary/aromatic N) is 2. The maximum Gasteiger partial charge on any atom is 0.274 e. The Hall–Kier alpha value is -1.46. The minimum Gasteiger partial charge on any atom is -0.267 e. The van der Waals surface area contributed by atoms with Gasteiger partial charge < -0.3 is 0 Å². The molecule has 0 atom stereocenters. The highest BCUT2D eigenvalue weighted by Gasteiger charge is 2.11. The van der Waals surface area contributed by atoms with Crippen molar-refractivity contribution in [3.63, 3.8) is 0 Å². The number of aromatic nitrogens is 2. The first-order valence-electron chi connectivity index (χ1n) is 4.99. The minimum absolute atomic E-state index is 0.0231. The zero-order chi connectivity index (χ0) is 11.8. The van der Waals surface area contributed by atoms with Crippen molar-refractivity contribution in [2.45, 2.75) is 0 Å². The summed E-state index contributed by atoms with van der Waals surface area (Å²) in [5, 5.41) is 0.732. The average molecular weight is 307 g/mol. The van der Waals surface area contributed by atoms with E-state index in [1.165, 1.54) is 11.5 Å². The molecular formula is C12H7BrN2OS. The van der Waals surface area contributed by atoms with E-state index in [1.54, 1.807) is 10.2 Å². The highest BCUT2D eigenvalue weighted by molar-refractivity contribution is 9.10. The van der Waals surface area contributed by atoms with E-state index in [9.17, 15) is 4.79 Å². The number of fused-ring (bicyclic) bond motifs is 1. The molecule has 84 valence electrons. The second kappa shape index (κ2) is 4.09. The SMILES string of the molecule is O=c1c2ccccc2sn1-c1ncccc1Br. The Bertz CT molecular complexity index is 747. The normalized spacial score (nSPS) is 10.9. The Labute approximate surface area is 110 Å². The van der Waals surface area contributed by atoms with E-state index in [4.69, 9.17) is 0 Å². The van der Waals surface area contributed by atoms with Crippen LogP contribution in [0.2, 0.25) is 0 Å². The Morgan fingerprint density at radius 2 is 2.00 bits per heavy atom. The summed E-state index contributed by atoms with van der Waals surface area (Å²) in [5.41, 5.74) is -0.0231. The van der Waals surface area contributed by atoms with Crippen LogP contribution < -0.4 is 5.56 Å². The van der Waals surface area contributed by atoms with Crippen molar-refractivity contribution in [2.24, 2.45) is 0 Å². The fourth-order valence-electron chi connectivity index (χ4n) is 1.64. The Balaban J connectivity index is 2.36. The van der Waals surface area contributed by atoms with Gasteiger partial charge in [0.25, 0.3) is 5.56 Å². The molecule has 0 unspecified atom stereocenters. The van der Waals surface area contributed by atoms with E-state index in [-0.39, 0.29) is 5.56 Å². The van der Waals surface area contributed by atoms with Gasteiger partial charge in [-0.3, -0.25) is 4.79 Å². The highest BCUT2D eigenvalue weighted by atomic mass is 79.9.